The van der Waals surface area contributed by atoms with Gasteiger partial charge >= 0.3 is 6.03 Å². The first kappa shape index (κ1) is 17.6. The largest absolute Gasteiger partial charge is 0.372 e. The molecule has 23 heavy (non-hydrogen) atoms. The van der Waals surface area contributed by atoms with Gasteiger partial charge in [-0.3, -0.25) is 0 Å². The summed E-state index contributed by atoms with van der Waals surface area (Å²) in [5.41, 5.74) is 1.84. The lowest BCUT2D eigenvalue weighted by molar-refractivity contribution is 0.250. The van der Waals surface area contributed by atoms with E-state index in [-0.39, 0.29) is 23.5 Å². The molecule has 1 aliphatic heterocycles. The van der Waals surface area contributed by atoms with Gasteiger partial charge < -0.3 is 15.5 Å². The molecule has 1 aromatic rings. The molecule has 0 bridgehead atoms. The van der Waals surface area contributed by atoms with Gasteiger partial charge in [0, 0.05) is 31.0 Å². The fourth-order valence-corrected chi connectivity index (χ4v) is 4.65. The van der Waals surface area contributed by atoms with E-state index in [1.165, 1.54) is 0 Å². The van der Waals surface area contributed by atoms with Gasteiger partial charge in [-0.15, -0.1) is 0 Å². The van der Waals surface area contributed by atoms with Crippen molar-refractivity contribution in [3.05, 3.63) is 24.3 Å². The Labute approximate surface area is 138 Å². The molecule has 2 N–H and O–H groups in total. The first-order valence-corrected chi connectivity index (χ1v) is 9.86. The second-order valence-corrected chi connectivity index (χ2v) is 8.05. The average Bonchev–Trinajstić information content (AvgIpc) is 2.87. The van der Waals surface area contributed by atoms with E-state index in [4.69, 9.17) is 0 Å². The number of urea groups is 1. The number of sulfone groups is 1. The predicted octanol–water partition coefficient (Wildman–Crippen LogP) is 2.09. The van der Waals surface area contributed by atoms with Gasteiger partial charge in [0.1, 0.15) is 0 Å². The van der Waals surface area contributed by atoms with Crippen LogP contribution >= 0.6 is 0 Å². The molecule has 0 aromatic heterocycles. The van der Waals surface area contributed by atoms with Gasteiger partial charge in [-0.2, -0.15) is 0 Å². The second-order valence-electron chi connectivity index (χ2n) is 5.82. The van der Waals surface area contributed by atoms with E-state index >= 15 is 0 Å². The average molecular weight is 339 g/mol. The molecule has 1 aromatic carbocycles. The predicted molar refractivity (Wildman–Crippen MR) is 93.8 cm³/mol. The van der Waals surface area contributed by atoms with Crippen molar-refractivity contribution in [2.45, 2.75) is 20.3 Å². The number of hydrogen-bond acceptors (Lipinski definition) is 4. The molecule has 1 fully saturated rings. The Kier molecular flexibility index (Phi) is 5.87. The van der Waals surface area contributed by atoms with Crippen molar-refractivity contribution < 1.29 is 13.2 Å². The smallest absolute Gasteiger partial charge is 0.319 e. The number of carbonyl (C=O) groups excluding carboxylic acids is 1. The summed E-state index contributed by atoms with van der Waals surface area (Å²) in [5.74, 6) is 0.426. The van der Waals surface area contributed by atoms with Crippen LogP contribution in [0.3, 0.4) is 0 Å². The Morgan fingerprint density at radius 2 is 1.87 bits per heavy atom. The Hall–Kier alpha value is -1.76. The van der Waals surface area contributed by atoms with Crippen molar-refractivity contribution in [2.75, 3.05) is 41.4 Å². The highest BCUT2D eigenvalue weighted by Gasteiger charge is 2.27. The molecule has 1 unspecified atom stereocenters. The number of hydrogen-bond donors (Lipinski definition) is 2. The van der Waals surface area contributed by atoms with Crippen LogP contribution in [0.4, 0.5) is 16.2 Å². The van der Waals surface area contributed by atoms with E-state index in [2.05, 4.69) is 29.4 Å². The van der Waals surface area contributed by atoms with Crippen molar-refractivity contribution >= 4 is 27.2 Å². The molecule has 6 nitrogen and oxygen atoms in total. The molecule has 128 valence electrons. The fraction of sp³-hybridized carbons (Fsp3) is 0.562. The molecular weight excluding hydrogens is 314 g/mol. The zero-order valence-corrected chi connectivity index (χ0v) is 14.5. The van der Waals surface area contributed by atoms with Crippen LogP contribution in [-0.2, 0) is 9.84 Å². The lowest BCUT2D eigenvalue weighted by atomic mass is 10.1. The van der Waals surface area contributed by atoms with Gasteiger partial charge in [0.15, 0.2) is 9.84 Å². The highest BCUT2D eigenvalue weighted by atomic mass is 32.2. The minimum atomic E-state index is -2.90. The molecule has 2 rings (SSSR count). The van der Waals surface area contributed by atoms with Gasteiger partial charge in [-0.25, -0.2) is 13.2 Å². The van der Waals surface area contributed by atoms with Crippen molar-refractivity contribution in [3.8, 4) is 0 Å². The van der Waals surface area contributed by atoms with Crippen molar-refractivity contribution in [2.24, 2.45) is 5.92 Å². The van der Waals surface area contributed by atoms with Crippen LogP contribution in [0, 0.1) is 5.92 Å². The summed E-state index contributed by atoms with van der Waals surface area (Å²) in [7, 11) is -2.90. The van der Waals surface area contributed by atoms with E-state index in [1.807, 2.05) is 24.3 Å². The Morgan fingerprint density at radius 1 is 1.22 bits per heavy atom. The Morgan fingerprint density at radius 3 is 2.39 bits per heavy atom. The van der Waals surface area contributed by atoms with Crippen molar-refractivity contribution in [3.63, 3.8) is 0 Å². The summed E-state index contributed by atoms with van der Waals surface area (Å²) >= 11 is 0. The van der Waals surface area contributed by atoms with Gasteiger partial charge in [0.2, 0.25) is 0 Å². The normalized spacial score (nSPS) is 19.3. The maximum absolute atomic E-state index is 11.9. The fourth-order valence-electron chi connectivity index (χ4n) is 2.79. The molecule has 1 aliphatic rings. The van der Waals surface area contributed by atoms with Crippen LogP contribution in [0.1, 0.15) is 20.3 Å². The van der Waals surface area contributed by atoms with E-state index in [1.54, 1.807) is 0 Å². The third kappa shape index (κ3) is 5.13. The first-order valence-electron chi connectivity index (χ1n) is 8.03. The number of rotatable bonds is 6. The molecule has 0 aliphatic carbocycles. The first-order chi connectivity index (χ1) is 10.9. The topological polar surface area (TPSA) is 78.5 Å². The molecule has 1 saturated heterocycles. The standard InChI is InChI=1S/C16H25N3O3S/c1-3-19(4-2)15-7-5-14(6-8-15)18-16(20)17-11-13-9-10-23(21,22)12-13/h5-8,13H,3-4,9-12H2,1-2H3,(H2,17,18,20). The maximum atomic E-state index is 11.9. The molecule has 0 spiro atoms. The second kappa shape index (κ2) is 7.68. The summed E-state index contributed by atoms with van der Waals surface area (Å²) in [6, 6.07) is 7.39. The lowest BCUT2D eigenvalue weighted by Crippen LogP contribution is -2.33. The van der Waals surface area contributed by atoms with Gasteiger partial charge in [0.05, 0.1) is 11.5 Å². The van der Waals surface area contributed by atoms with E-state index < -0.39 is 9.84 Å². The van der Waals surface area contributed by atoms with Crippen LogP contribution in [0.5, 0.6) is 0 Å². The minimum absolute atomic E-state index is 0.0239. The third-order valence-corrected chi connectivity index (χ3v) is 5.97. The monoisotopic (exact) mass is 339 g/mol. The molecule has 2 amide bonds. The number of carbonyl (C=O) groups is 1. The SMILES string of the molecule is CCN(CC)c1ccc(NC(=O)NCC2CCS(=O)(=O)C2)cc1. The zero-order valence-electron chi connectivity index (χ0n) is 13.7. The molecule has 0 saturated carbocycles. The van der Waals surface area contributed by atoms with Crippen LogP contribution < -0.4 is 15.5 Å². The summed E-state index contributed by atoms with van der Waals surface area (Å²) in [6.07, 6.45) is 0.626. The number of nitrogens with zero attached hydrogens (tertiary/aromatic N) is 1. The van der Waals surface area contributed by atoms with Crippen LogP contribution in [0.25, 0.3) is 0 Å². The van der Waals surface area contributed by atoms with Gasteiger partial charge in [-0.1, -0.05) is 0 Å². The van der Waals surface area contributed by atoms with E-state index in [0.717, 1.165) is 24.5 Å². The Balaban J connectivity index is 1.81. The van der Waals surface area contributed by atoms with Crippen LogP contribution in [-0.4, -0.2) is 45.6 Å². The number of benzene rings is 1. The third-order valence-electron chi connectivity index (χ3n) is 4.13. The molecule has 1 atom stereocenters. The minimum Gasteiger partial charge on any atom is -0.372 e. The summed E-state index contributed by atoms with van der Waals surface area (Å²) in [6.45, 7) is 6.48. The zero-order chi connectivity index (χ0) is 16.9. The van der Waals surface area contributed by atoms with Gasteiger partial charge in [0.25, 0.3) is 0 Å². The quantitative estimate of drug-likeness (QED) is 0.832. The van der Waals surface area contributed by atoms with Gasteiger partial charge in [-0.05, 0) is 50.5 Å². The van der Waals surface area contributed by atoms with Crippen LogP contribution in [0.2, 0.25) is 0 Å². The molecule has 0 radical (unpaired) electrons. The molecule has 7 heteroatoms. The van der Waals surface area contributed by atoms with E-state index in [9.17, 15) is 13.2 Å². The molecular formula is C16H25N3O3S. The summed E-state index contributed by atoms with van der Waals surface area (Å²) < 4.78 is 22.8. The summed E-state index contributed by atoms with van der Waals surface area (Å²) in [4.78, 5) is 14.1. The number of anilines is 2. The number of amides is 2. The van der Waals surface area contributed by atoms with E-state index in [0.29, 0.717) is 13.0 Å². The van der Waals surface area contributed by atoms with Crippen molar-refractivity contribution in [1.29, 1.82) is 0 Å². The highest BCUT2D eigenvalue weighted by Crippen LogP contribution is 2.19. The maximum Gasteiger partial charge on any atom is 0.319 e. The Bertz CT molecular complexity index is 624. The summed E-state index contributed by atoms with van der Waals surface area (Å²) in [5, 5.41) is 5.52. The van der Waals surface area contributed by atoms with Crippen LogP contribution in [0.15, 0.2) is 24.3 Å². The highest BCUT2D eigenvalue weighted by molar-refractivity contribution is 7.91. The van der Waals surface area contributed by atoms with Crippen molar-refractivity contribution in [1.82, 2.24) is 5.32 Å². The molecule has 1 heterocycles. The number of nitrogens with one attached hydrogen (secondary N) is 2. The lowest BCUT2D eigenvalue weighted by Gasteiger charge is -2.21.